The van der Waals surface area contributed by atoms with E-state index in [1.165, 1.54) is 5.57 Å². The predicted octanol–water partition coefficient (Wildman–Crippen LogP) is 2.87. The molecule has 3 nitrogen and oxygen atoms in total. The summed E-state index contributed by atoms with van der Waals surface area (Å²) in [5, 5.41) is 9.16. The third kappa shape index (κ3) is 2.28. The first-order valence-corrected chi connectivity index (χ1v) is 5.00. The van der Waals surface area contributed by atoms with Gasteiger partial charge in [0, 0.05) is 11.6 Å². The largest absolute Gasteiger partial charge is 0.465 e. The van der Waals surface area contributed by atoms with Gasteiger partial charge in [0.1, 0.15) is 0 Å². The second kappa shape index (κ2) is 3.64. The molecule has 0 spiro atoms. The molecular formula is C11H19NO2. The molecule has 0 saturated carbocycles. The van der Waals surface area contributed by atoms with Gasteiger partial charge in [0.05, 0.1) is 0 Å². The Balaban J connectivity index is 2.76. The highest BCUT2D eigenvalue weighted by molar-refractivity contribution is 5.66. The van der Waals surface area contributed by atoms with E-state index in [-0.39, 0.29) is 11.6 Å². The van der Waals surface area contributed by atoms with Gasteiger partial charge in [-0.3, -0.25) is 4.90 Å². The standard InChI is InChI=1S/C11H19NO2/c1-8-5-6-9(7-8)12(10(13)14)11(2,3)4/h5,9H,6-7H2,1-4H3,(H,13,14). The van der Waals surface area contributed by atoms with Crippen LogP contribution >= 0.6 is 0 Å². The van der Waals surface area contributed by atoms with E-state index in [0.29, 0.717) is 0 Å². The van der Waals surface area contributed by atoms with Crippen LogP contribution in [0.5, 0.6) is 0 Å². The summed E-state index contributed by atoms with van der Waals surface area (Å²) < 4.78 is 0. The Morgan fingerprint density at radius 3 is 2.43 bits per heavy atom. The normalized spacial score (nSPS) is 22.0. The summed E-state index contributed by atoms with van der Waals surface area (Å²) in [7, 11) is 0. The maximum atomic E-state index is 11.1. The van der Waals surface area contributed by atoms with Crippen LogP contribution < -0.4 is 0 Å². The molecule has 0 bridgehead atoms. The lowest BCUT2D eigenvalue weighted by atomic mass is 10.0. The van der Waals surface area contributed by atoms with E-state index in [0.717, 1.165) is 12.8 Å². The van der Waals surface area contributed by atoms with Gasteiger partial charge in [-0.25, -0.2) is 4.79 Å². The van der Waals surface area contributed by atoms with Crippen molar-refractivity contribution in [3.8, 4) is 0 Å². The molecule has 0 saturated heterocycles. The summed E-state index contributed by atoms with van der Waals surface area (Å²) in [5.74, 6) is 0. The monoisotopic (exact) mass is 197 g/mol. The Morgan fingerprint density at radius 1 is 1.57 bits per heavy atom. The van der Waals surface area contributed by atoms with Crippen molar-refractivity contribution in [1.82, 2.24) is 4.90 Å². The van der Waals surface area contributed by atoms with E-state index in [1.54, 1.807) is 4.90 Å². The fourth-order valence-corrected chi connectivity index (χ4v) is 2.06. The van der Waals surface area contributed by atoms with Gasteiger partial charge in [-0.15, -0.1) is 0 Å². The van der Waals surface area contributed by atoms with Crippen molar-refractivity contribution in [3.63, 3.8) is 0 Å². The lowest BCUT2D eigenvalue weighted by Crippen LogP contribution is -2.50. The van der Waals surface area contributed by atoms with Crippen LogP contribution in [0.1, 0.15) is 40.5 Å². The van der Waals surface area contributed by atoms with Gasteiger partial charge in [0.2, 0.25) is 0 Å². The molecule has 0 radical (unpaired) electrons. The highest BCUT2D eigenvalue weighted by Gasteiger charge is 2.34. The molecule has 0 heterocycles. The number of hydrogen-bond donors (Lipinski definition) is 1. The molecule has 1 atom stereocenters. The topological polar surface area (TPSA) is 40.5 Å². The van der Waals surface area contributed by atoms with Gasteiger partial charge in [-0.1, -0.05) is 11.6 Å². The van der Waals surface area contributed by atoms with Gasteiger partial charge in [0.25, 0.3) is 0 Å². The Morgan fingerprint density at radius 2 is 2.14 bits per heavy atom. The van der Waals surface area contributed by atoms with Crippen molar-refractivity contribution >= 4 is 6.09 Å². The summed E-state index contributed by atoms with van der Waals surface area (Å²) >= 11 is 0. The minimum Gasteiger partial charge on any atom is -0.465 e. The van der Waals surface area contributed by atoms with Crippen LogP contribution in [0.25, 0.3) is 0 Å². The number of hydrogen-bond acceptors (Lipinski definition) is 1. The Kier molecular flexibility index (Phi) is 2.88. The van der Waals surface area contributed by atoms with Crippen LogP contribution in [0.15, 0.2) is 11.6 Å². The van der Waals surface area contributed by atoms with Crippen LogP contribution in [0.2, 0.25) is 0 Å². The number of carboxylic acid groups (broad SMARTS) is 1. The predicted molar refractivity (Wildman–Crippen MR) is 56.4 cm³/mol. The van der Waals surface area contributed by atoms with Crippen LogP contribution in [0, 0.1) is 0 Å². The number of rotatable bonds is 1. The van der Waals surface area contributed by atoms with Crippen molar-refractivity contribution in [2.24, 2.45) is 0 Å². The molecule has 1 unspecified atom stereocenters. The lowest BCUT2D eigenvalue weighted by Gasteiger charge is -2.38. The van der Waals surface area contributed by atoms with Gasteiger partial charge >= 0.3 is 6.09 Å². The molecule has 0 aromatic heterocycles. The van der Waals surface area contributed by atoms with Gasteiger partial charge in [0.15, 0.2) is 0 Å². The second-order valence-electron chi connectivity index (χ2n) is 4.97. The molecule has 0 fully saturated rings. The zero-order valence-corrected chi connectivity index (χ0v) is 9.37. The first-order chi connectivity index (χ1) is 6.32. The maximum Gasteiger partial charge on any atom is 0.408 e. The minimum atomic E-state index is -0.814. The zero-order valence-electron chi connectivity index (χ0n) is 9.37. The molecule has 1 amide bonds. The van der Waals surface area contributed by atoms with Gasteiger partial charge in [-0.2, -0.15) is 0 Å². The van der Waals surface area contributed by atoms with Crippen LogP contribution in [0.4, 0.5) is 4.79 Å². The summed E-state index contributed by atoms with van der Waals surface area (Å²) in [4.78, 5) is 12.7. The van der Waals surface area contributed by atoms with E-state index in [4.69, 9.17) is 5.11 Å². The third-order valence-corrected chi connectivity index (χ3v) is 2.59. The van der Waals surface area contributed by atoms with E-state index >= 15 is 0 Å². The van der Waals surface area contributed by atoms with Crippen molar-refractivity contribution in [2.45, 2.75) is 52.1 Å². The fraction of sp³-hybridized carbons (Fsp3) is 0.727. The van der Waals surface area contributed by atoms with Crippen molar-refractivity contribution in [3.05, 3.63) is 11.6 Å². The summed E-state index contributed by atoms with van der Waals surface area (Å²) in [5.41, 5.74) is 0.986. The highest BCUT2D eigenvalue weighted by Crippen LogP contribution is 2.28. The summed E-state index contributed by atoms with van der Waals surface area (Å²) in [6, 6.07) is 0.132. The molecule has 0 aromatic rings. The van der Waals surface area contributed by atoms with Gasteiger partial charge in [-0.05, 0) is 40.5 Å². The van der Waals surface area contributed by atoms with E-state index < -0.39 is 6.09 Å². The van der Waals surface area contributed by atoms with Crippen LogP contribution in [-0.2, 0) is 0 Å². The first kappa shape index (κ1) is 11.1. The molecule has 1 aliphatic rings. The number of amides is 1. The second-order valence-corrected chi connectivity index (χ2v) is 4.97. The summed E-state index contributed by atoms with van der Waals surface area (Å²) in [6.07, 6.45) is 3.05. The average molecular weight is 197 g/mol. The van der Waals surface area contributed by atoms with Crippen molar-refractivity contribution in [1.29, 1.82) is 0 Å². The number of nitrogens with zero attached hydrogens (tertiary/aromatic N) is 1. The van der Waals surface area contributed by atoms with Crippen molar-refractivity contribution < 1.29 is 9.90 Å². The molecule has 0 aliphatic heterocycles. The molecule has 1 N–H and O–H groups in total. The molecule has 14 heavy (non-hydrogen) atoms. The molecule has 0 aromatic carbocycles. The third-order valence-electron chi connectivity index (χ3n) is 2.59. The minimum absolute atomic E-state index is 0.132. The number of carbonyl (C=O) groups is 1. The van der Waals surface area contributed by atoms with Crippen LogP contribution in [0.3, 0.4) is 0 Å². The fourth-order valence-electron chi connectivity index (χ4n) is 2.06. The van der Waals surface area contributed by atoms with E-state index in [9.17, 15) is 4.79 Å². The Hall–Kier alpha value is -0.990. The molecular weight excluding hydrogens is 178 g/mol. The molecule has 1 aliphatic carbocycles. The Labute approximate surface area is 85.4 Å². The zero-order chi connectivity index (χ0) is 10.9. The first-order valence-electron chi connectivity index (χ1n) is 5.00. The maximum absolute atomic E-state index is 11.1. The molecule has 1 rings (SSSR count). The average Bonchev–Trinajstić information content (AvgIpc) is 2.31. The smallest absolute Gasteiger partial charge is 0.408 e. The highest BCUT2D eigenvalue weighted by atomic mass is 16.4. The quantitative estimate of drug-likeness (QED) is 0.656. The molecule has 3 heteroatoms. The summed E-state index contributed by atoms with van der Waals surface area (Å²) in [6.45, 7) is 7.88. The lowest BCUT2D eigenvalue weighted by molar-refractivity contribution is 0.0733. The van der Waals surface area contributed by atoms with Crippen LogP contribution in [-0.4, -0.2) is 27.7 Å². The van der Waals surface area contributed by atoms with Crippen molar-refractivity contribution in [2.75, 3.05) is 0 Å². The molecule has 80 valence electrons. The van der Waals surface area contributed by atoms with Gasteiger partial charge < -0.3 is 5.11 Å². The Bertz CT molecular complexity index is 263. The van der Waals surface area contributed by atoms with E-state index in [1.807, 2.05) is 20.8 Å². The SMILES string of the molecule is CC1=CCC(N(C(=O)O)C(C)(C)C)C1. The van der Waals surface area contributed by atoms with E-state index in [2.05, 4.69) is 13.0 Å².